The molecule has 1 N–H and O–H groups in total. The number of rotatable bonds is 7. The van der Waals surface area contributed by atoms with Gasteiger partial charge in [-0.15, -0.1) is 0 Å². The molecular weight excluding hydrogens is 355 g/mol. The Morgan fingerprint density at radius 1 is 1.35 bits per heavy atom. The zero-order valence-corrected chi connectivity index (χ0v) is 13.7. The van der Waals surface area contributed by atoms with Crippen LogP contribution in [0.3, 0.4) is 0 Å². The first-order valence-electron chi connectivity index (χ1n) is 6.16. The molecule has 0 aromatic heterocycles. The van der Waals surface area contributed by atoms with Crippen LogP contribution in [-0.2, 0) is 6.54 Å². The molecule has 0 spiro atoms. The second kappa shape index (κ2) is 8.14. The molecule has 114 valence electrons. The van der Waals surface area contributed by atoms with E-state index in [-0.39, 0.29) is 24.1 Å². The highest BCUT2D eigenvalue weighted by atomic mass is 79.9. The number of ether oxygens (including phenoxy) is 1. The van der Waals surface area contributed by atoms with E-state index in [9.17, 15) is 13.2 Å². The predicted molar refractivity (Wildman–Crippen MR) is 80.3 cm³/mol. The fraction of sp³-hybridized carbons (Fsp3) is 0.538. The fourth-order valence-corrected chi connectivity index (χ4v) is 2.72. The number of benzene rings is 1. The molecule has 2 nitrogen and oxygen atoms in total. The van der Waals surface area contributed by atoms with Gasteiger partial charge in [-0.2, -0.15) is 13.2 Å². The topological polar surface area (TPSA) is 21.3 Å². The van der Waals surface area contributed by atoms with Crippen molar-refractivity contribution in [3.05, 3.63) is 27.7 Å². The minimum Gasteiger partial charge on any atom is -0.492 e. The van der Waals surface area contributed by atoms with Crippen molar-refractivity contribution in [2.24, 2.45) is 0 Å². The smallest absolute Gasteiger partial charge is 0.441 e. The fourth-order valence-electron chi connectivity index (χ4n) is 1.70. The van der Waals surface area contributed by atoms with E-state index in [1.54, 1.807) is 0 Å². The van der Waals surface area contributed by atoms with Crippen LogP contribution in [0.2, 0.25) is 0 Å². The van der Waals surface area contributed by atoms with Crippen LogP contribution in [0.4, 0.5) is 13.2 Å². The summed E-state index contributed by atoms with van der Waals surface area (Å²) in [4.78, 5) is 0. The number of nitrogens with one attached hydrogen (secondary N) is 1. The van der Waals surface area contributed by atoms with Crippen molar-refractivity contribution in [3.8, 4) is 5.75 Å². The van der Waals surface area contributed by atoms with E-state index in [1.165, 1.54) is 0 Å². The van der Waals surface area contributed by atoms with Gasteiger partial charge in [-0.05, 0) is 42.9 Å². The van der Waals surface area contributed by atoms with Crippen molar-refractivity contribution in [2.45, 2.75) is 25.9 Å². The number of thioether (sulfide) groups is 1. The number of hydrogen-bond donors (Lipinski definition) is 1. The largest absolute Gasteiger partial charge is 0.492 e. The highest BCUT2D eigenvalue weighted by molar-refractivity contribution is 9.10. The third-order valence-corrected chi connectivity index (χ3v) is 3.63. The third kappa shape index (κ3) is 6.37. The lowest BCUT2D eigenvalue weighted by Gasteiger charge is -2.15. The SMILES string of the molecule is CCNCc1cc(Br)cc(C)c1OCCSC(F)(F)F. The molecule has 0 saturated heterocycles. The summed E-state index contributed by atoms with van der Waals surface area (Å²) >= 11 is 3.35. The average Bonchev–Trinajstić information content (AvgIpc) is 2.32. The van der Waals surface area contributed by atoms with Gasteiger partial charge in [-0.25, -0.2) is 0 Å². The number of hydrogen-bond acceptors (Lipinski definition) is 3. The van der Waals surface area contributed by atoms with Gasteiger partial charge in [-0.1, -0.05) is 22.9 Å². The Morgan fingerprint density at radius 3 is 2.65 bits per heavy atom. The van der Waals surface area contributed by atoms with Crippen LogP contribution in [0.5, 0.6) is 5.75 Å². The Morgan fingerprint density at radius 2 is 2.05 bits per heavy atom. The Labute approximate surface area is 129 Å². The highest BCUT2D eigenvalue weighted by Crippen LogP contribution is 2.31. The van der Waals surface area contributed by atoms with E-state index in [4.69, 9.17) is 4.74 Å². The molecular formula is C13H17BrF3NOS. The molecule has 1 aromatic rings. The molecule has 7 heteroatoms. The first-order valence-corrected chi connectivity index (χ1v) is 7.94. The van der Waals surface area contributed by atoms with Crippen molar-refractivity contribution >= 4 is 27.7 Å². The number of aryl methyl sites for hydroxylation is 1. The van der Waals surface area contributed by atoms with Gasteiger partial charge in [-0.3, -0.25) is 0 Å². The monoisotopic (exact) mass is 371 g/mol. The molecule has 0 atom stereocenters. The summed E-state index contributed by atoms with van der Waals surface area (Å²) in [6.45, 7) is 5.34. The Balaban J connectivity index is 2.67. The summed E-state index contributed by atoms with van der Waals surface area (Å²) in [7, 11) is 0. The summed E-state index contributed by atoms with van der Waals surface area (Å²) in [6.07, 6.45) is 0. The van der Waals surface area contributed by atoms with Gasteiger partial charge < -0.3 is 10.1 Å². The minimum absolute atomic E-state index is 0.0335. The lowest BCUT2D eigenvalue weighted by Crippen LogP contribution is -2.14. The van der Waals surface area contributed by atoms with Gasteiger partial charge in [0.2, 0.25) is 0 Å². The molecule has 20 heavy (non-hydrogen) atoms. The van der Waals surface area contributed by atoms with Crippen molar-refractivity contribution in [1.82, 2.24) is 5.32 Å². The Hall–Kier alpha value is -0.400. The van der Waals surface area contributed by atoms with Crippen molar-refractivity contribution in [1.29, 1.82) is 0 Å². The molecule has 0 fully saturated rings. The molecule has 1 aromatic carbocycles. The minimum atomic E-state index is -4.20. The van der Waals surface area contributed by atoms with Gasteiger partial charge in [0.15, 0.2) is 0 Å². The van der Waals surface area contributed by atoms with Crippen molar-refractivity contribution in [3.63, 3.8) is 0 Å². The molecule has 0 aliphatic heterocycles. The van der Waals surface area contributed by atoms with Crippen LogP contribution in [0.1, 0.15) is 18.1 Å². The summed E-state index contributed by atoms with van der Waals surface area (Å²) in [5.41, 5.74) is -2.36. The number of alkyl halides is 3. The maximum atomic E-state index is 12.1. The lowest BCUT2D eigenvalue weighted by atomic mass is 10.1. The van der Waals surface area contributed by atoms with Gasteiger partial charge in [0.1, 0.15) is 5.75 Å². The van der Waals surface area contributed by atoms with E-state index in [0.717, 1.165) is 22.1 Å². The lowest BCUT2D eigenvalue weighted by molar-refractivity contribution is -0.0329. The van der Waals surface area contributed by atoms with Gasteiger partial charge in [0, 0.05) is 22.3 Å². The average molecular weight is 372 g/mol. The van der Waals surface area contributed by atoms with E-state index in [1.807, 2.05) is 26.0 Å². The first kappa shape index (κ1) is 17.7. The molecule has 0 amide bonds. The van der Waals surface area contributed by atoms with Gasteiger partial charge >= 0.3 is 5.51 Å². The zero-order chi connectivity index (χ0) is 15.2. The summed E-state index contributed by atoms with van der Waals surface area (Å²) < 4.78 is 42.6. The molecule has 0 unspecified atom stereocenters. The van der Waals surface area contributed by atoms with Crippen LogP contribution in [0, 0.1) is 6.92 Å². The quantitative estimate of drug-likeness (QED) is 0.713. The van der Waals surface area contributed by atoms with Gasteiger partial charge in [0.25, 0.3) is 0 Å². The summed E-state index contributed by atoms with van der Waals surface area (Å²) in [5, 5.41) is 3.19. The molecule has 1 rings (SSSR count). The number of halogens is 4. The summed E-state index contributed by atoms with van der Waals surface area (Å²) in [5.74, 6) is 0.552. The van der Waals surface area contributed by atoms with Crippen LogP contribution in [0.15, 0.2) is 16.6 Å². The van der Waals surface area contributed by atoms with Crippen LogP contribution in [-0.4, -0.2) is 24.4 Å². The Bertz CT molecular complexity index is 440. The Kier molecular flexibility index (Phi) is 7.19. The van der Waals surface area contributed by atoms with E-state index >= 15 is 0 Å². The van der Waals surface area contributed by atoms with Gasteiger partial charge in [0.05, 0.1) is 6.61 Å². The van der Waals surface area contributed by atoms with Crippen LogP contribution in [0.25, 0.3) is 0 Å². The third-order valence-electron chi connectivity index (χ3n) is 2.48. The highest BCUT2D eigenvalue weighted by Gasteiger charge is 2.27. The maximum absolute atomic E-state index is 12.1. The standard InChI is InChI=1S/C13H17BrF3NOS/c1-3-18-8-10-7-11(14)6-9(2)12(10)19-4-5-20-13(15,16)17/h6-7,18H,3-5,8H2,1-2H3. The molecule has 0 aliphatic carbocycles. The zero-order valence-electron chi connectivity index (χ0n) is 11.3. The normalized spacial score (nSPS) is 11.7. The molecule has 0 aliphatic rings. The van der Waals surface area contributed by atoms with Crippen LogP contribution < -0.4 is 10.1 Å². The van der Waals surface area contributed by atoms with E-state index < -0.39 is 5.51 Å². The van der Waals surface area contributed by atoms with E-state index in [2.05, 4.69) is 21.2 Å². The second-order valence-electron chi connectivity index (χ2n) is 4.13. The molecule has 0 saturated carbocycles. The molecule has 0 radical (unpaired) electrons. The van der Waals surface area contributed by atoms with Crippen molar-refractivity contribution in [2.75, 3.05) is 18.9 Å². The van der Waals surface area contributed by atoms with Crippen LogP contribution >= 0.6 is 27.7 Å². The van der Waals surface area contributed by atoms with E-state index in [0.29, 0.717) is 12.3 Å². The molecule has 0 heterocycles. The second-order valence-corrected chi connectivity index (χ2v) is 6.21. The van der Waals surface area contributed by atoms with Crippen molar-refractivity contribution < 1.29 is 17.9 Å². The predicted octanol–water partition coefficient (Wildman–Crippen LogP) is 4.50. The first-order chi connectivity index (χ1) is 9.33. The summed E-state index contributed by atoms with van der Waals surface area (Å²) in [6, 6.07) is 3.81. The maximum Gasteiger partial charge on any atom is 0.441 e. The molecule has 0 bridgehead atoms.